The van der Waals surface area contributed by atoms with Crippen molar-refractivity contribution in [1.82, 2.24) is 29.8 Å². The van der Waals surface area contributed by atoms with Gasteiger partial charge in [0.05, 0.1) is 23.5 Å². The summed E-state index contributed by atoms with van der Waals surface area (Å²) < 4.78 is 1.89. The summed E-state index contributed by atoms with van der Waals surface area (Å²) >= 11 is 0. The lowest BCUT2D eigenvalue weighted by Crippen LogP contribution is -2.39. The number of carbonyl (C=O) groups is 2. The molecule has 2 aromatic carbocycles. The fraction of sp³-hybridized carbons (Fsp3) is 0.296. The predicted molar refractivity (Wildman–Crippen MR) is 136 cm³/mol. The van der Waals surface area contributed by atoms with Crippen molar-refractivity contribution in [2.24, 2.45) is 0 Å². The van der Waals surface area contributed by atoms with Crippen LogP contribution in [0.5, 0.6) is 0 Å². The quantitative estimate of drug-likeness (QED) is 0.469. The average molecular weight is 485 g/mol. The van der Waals surface area contributed by atoms with Crippen molar-refractivity contribution in [3.05, 3.63) is 93.2 Å². The Morgan fingerprint density at radius 1 is 1.06 bits per heavy atom. The Hall–Kier alpha value is -4.27. The molecule has 0 aliphatic carbocycles. The minimum atomic E-state index is -0.569. The number of hydrogen-bond donors (Lipinski definition) is 1. The molecule has 184 valence electrons. The van der Waals surface area contributed by atoms with Crippen molar-refractivity contribution >= 4 is 22.6 Å². The van der Waals surface area contributed by atoms with E-state index in [1.54, 1.807) is 38.1 Å². The highest BCUT2D eigenvalue weighted by Gasteiger charge is 2.33. The van der Waals surface area contributed by atoms with Crippen LogP contribution < -0.4 is 5.56 Å². The highest BCUT2D eigenvalue weighted by Crippen LogP contribution is 2.28. The molecule has 0 radical (unpaired) electrons. The van der Waals surface area contributed by atoms with Crippen LogP contribution in [-0.2, 0) is 24.3 Å². The Morgan fingerprint density at radius 3 is 2.47 bits per heavy atom. The van der Waals surface area contributed by atoms with E-state index in [-0.39, 0.29) is 17.4 Å². The minimum Gasteiger partial charge on any atom is -0.343 e. The van der Waals surface area contributed by atoms with Crippen LogP contribution in [0.25, 0.3) is 10.8 Å². The predicted octanol–water partition coefficient (Wildman–Crippen LogP) is 2.56. The Labute approximate surface area is 208 Å². The summed E-state index contributed by atoms with van der Waals surface area (Å²) in [5.41, 5.74) is 3.49. The van der Waals surface area contributed by atoms with Crippen LogP contribution in [-0.4, -0.2) is 62.2 Å². The van der Waals surface area contributed by atoms with Crippen molar-refractivity contribution in [3.8, 4) is 0 Å². The Morgan fingerprint density at radius 2 is 1.75 bits per heavy atom. The van der Waals surface area contributed by atoms with Gasteiger partial charge >= 0.3 is 0 Å². The summed E-state index contributed by atoms with van der Waals surface area (Å²) in [4.78, 5) is 42.1. The Bertz CT molecular complexity index is 1510. The van der Waals surface area contributed by atoms with Gasteiger partial charge in [-0.3, -0.25) is 19.1 Å². The number of fused-ring (bicyclic) bond motifs is 2. The summed E-state index contributed by atoms with van der Waals surface area (Å²) in [5.74, 6) is -0.862. The second-order valence-corrected chi connectivity index (χ2v) is 9.33. The zero-order chi connectivity index (χ0) is 25.4. The number of benzene rings is 2. The number of amides is 2. The maximum Gasteiger partial charge on any atom is 0.274 e. The third-order valence-electron chi connectivity index (χ3n) is 6.74. The first-order chi connectivity index (χ1) is 17.3. The molecule has 36 heavy (non-hydrogen) atoms. The first kappa shape index (κ1) is 23.5. The summed E-state index contributed by atoms with van der Waals surface area (Å²) in [6, 6.07) is 17.1. The molecular weight excluding hydrogens is 456 g/mol. The van der Waals surface area contributed by atoms with Crippen LogP contribution in [0.4, 0.5) is 0 Å². The second-order valence-electron chi connectivity index (χ2n) is 9.33. The van der Waals surface area contributed by atoms with Crippen LogP contribution in [0.2, 0.25) is 0 Å². The molecule has 0 unspecified atom stereocenters. The molecule has 0 saturated heterocycles. The van der Waals surface area contributed by atoms with Gasteiger partial charge in [0.2, 0.25) is 5.91 Å². The number of aromatic nitrogens is 4. The van der Waals surface area contributed by atoms with Gasteiger partial charge in [-0.05, 0) is 18.6 Å². The topological polar surface area (TPSA) is 104 Å². The summed E-state index contributed by atoms with van der Waals surface area (Å²) in [6.45, 7) is 3.16. The summed E-state index contributed by atoms with van der Waals surface area (Å²) in [7, 11) is 3.40. The van der Waals surface area contributed by atoms with Gasteiger partial charge < -0.3 is 9.80 Å². The van der Waals surface area contributed by atoms with Gasteiger partial charge in [0, 0.05) is 50.2 Å². The van der Waals surface area contributed by atoms with Crippen LogP contribution in [0.15, 0.2) is 59.4 Å². The van der Waals surface area contributed by atoms with E-state index in [0.29, 0.717) is 48.2 Å². The zero-order valence-electron chi connectivity index (χ0n) is 20.6. The lowest BCUT2D eigenvalue weighted by molar-refractivity contribution is -0.133. The first-order valence-electron chi connectivity index (χ1n) is 12.0. The van der Waals surface area contributed by atoms with Crippen molar-refractivity contribution in [3.63, 3.8) is 0 Å². The molecule has 1 N–H and O–H groups in total. The highest BCUT2D eigenvalue weighted by molar-refractivity contribution is 5.94. The molecule has 1 atom stereocenters. The van der Waals surface area contributed by atoms with Crippen molar-refractivity contribution in [2.75, 3.05) is 20.6 Å². The van der Waals surface area contributed by atoms with Crippen LogP contribution in [0.1, 0.15) is 45.8 Å². The van der Waals surface area contributed by atoms with Crippen molar-refractivity contribution in [1.29, 1.82) is 0 Å². The molecule has 3 heterocycles. The number of H-pyrrole nitrogens is 1. The van der Waals surface area contributed by atoms with Gasteiger partial charge in [-0.25, -0.2) is 5.10 Å². The lowest BCUT2D eigenvalue weighted by Gasteiger charge is -2.30. The SMILES string of the molecule is C[C@H](C(=O)N1CCc2c(c(C(=O)N(C)C)nn2Cc2ccccc2)C1)c1n[nH]c(=O)c2ccccc12. The van der Waals surface area contributed by atoms with Crippen molar-refractivity contribution in [2.45, 2.75) is 32.4 Å². The van der Waals surface area contributed by atoms with E-state index in [1.165, 1.54) is 4.90 Å². The van der Waals surface area contributed by atoms with Crippen LogP contribution in [0, 0.1) is 0 Å². The second kappa shape index (κ2) is 9.41. The lowest BCUT2D eigenvalue weighted by atomic mass is 9.98. The smallest absolute Gasteiger partial charge is 0.274 e. The third kappa shape index (κ3) is 4.17. The minimum absolute atomic E-state index is 0.107. The number of hydrogen-bond acceptors (Lipinski definition) is 5. The molecule has 1 aliphatic rings. The summed E-state index contributed by atoms with van der Waals surface area (Å²) in [5, 5.41) is 12.6. The molecule has 0 bridgehead atoms. The van der Waals surface area contributed by atoms with E-state index in [2.05, 4.69) is 10.2 Å². The van der Waals surface area contributed by atoms with E-state index in [4.69, 9.17) is 5.10 Å². The van der Waals surface area contributed by atoms with Gasteiger partial charge in [-0.1, -0.05) is 48.5 Å². The zero-order valence-corrected chi connectivity index (χ0v) is 20.6. The molecule has 2 aromatic heterocycles. The normalized spacial score (nSPS) is 13.9. The molecule has 1 aliphatic heterocycles. The van der Waals surface area contributed by atoms with Crippen LogP contribution in [0.3, 0.4) is 0 Å². The fourth-order valence-corrected chi connectivity index (χ4v) is 4.81. The number of aromatic amines is 1. The highest BCUT2D eigenvalue weighted by atomic mass is 16.2. The molecule has 9 heteroatoms. The maximum absolute atomic E-state index is 13.6. The van der Waals surface area contributed by atoms with Gasteiger partial charge in [-0.2, -0.15) is 10.2 Å². The molecular formula is C27H28N6O3. The molecule has 9 nitrogen and oxygen atoms in total. The molecule has 0 saturated carbocycles. The molecule has 0 spiro atoms. The van der Waals surface area contributed by atoms with Crippen molar-refractivity contribution < 1.29 is 9.59 Å². The third-order valence-corrected chi connectivity index (χ3v) is 6.74. The molecule has 2 amide bonds. The van der Waals surface area contributed by atoms with Gasteiger partial charge in [0.15, 0.2) is 5.69 Å². The number of nitrogens with zero attached hydrogens (tertiary/aromatic N) is 5. The molecule has 5 rings (SSSR count). The van der Waals surface area contributed by atoms with E-state index in [9.17, 15) is 14.4 Å². The van der Waals surface area contributed by atoms with E-state index >= 15 is 0 Å². The Balaban J connectivity index is 1.47. The van der Waals surface area contributed by atoms with Crippen LogP contribution >= 0.6 is 0 Å². The van der Waals surface area contributed by atoms with E-state index < -0.39 is 5.92 Å². The first-order valence-corrected chi connectivity index (χ1v) is 12.0. The van der Waals surface area contributed by atoms with E-state index in [0.717, 1.165) is 16.8 Å². The number of nitrogens with one attached hydrogen (secondary N) is 1. The molecule has 4 aromatic rings. The standard InChI is InChI=1S/C27H28N6O3/c1-17(23-19-11-7-8-12-20(19)25(34)29-28-23)26(35)32-14-13-22-21(16-32)24(27(36)31(2)3)30-33(22)15-18-9-5-4-6-10-18/h4-12,17H,13-16H2,1-3H3,(H,29,34)/t17-/m0/s1. The number of carbonyl (C=O) groups excluding carboxylic acids is 2. The monoisotopic (exact) mass is 484 g/mol. The van der Waals surface area contributed by atoms with E-state index in [1.807, 2.05) is 47.1 Å². The largest absolute Gasteiger partial charge is 0.343 e. The number of rotatable bonds is 5. The molecule has 0 fully saturated rings. The summed E-state index contributed by atoms with van der Waals surface area (Å²) in [6.07, 6.45) is 0.591. The fourth-order valence-electron chi connectivity index (χ4n) is 4.81. The van der Waals surface area contributed by atoms with Gasteiger partial charge in [0.25, 0.3) is 11.5 Å². The van der Waals surface area contributed by atoms with Gasteiger partial charge in [0.1, 0.15) is 0 Å². The average Bonchev–Trinajstić information content (AvgIpc) is 3.25. The Kier molecular flexibility index (Phi) is 6.13. The van der Waals surface area contributed by atoms with Gasteiger partial charge in [-0.15, -0.1) is 0 Å². The maximum atomic E-state index is 13.6.